The Morgan fingerprint density at radius 1 is 0.971 bits per heavy atom. The van der Waals surface area contributed by atoms with Gasteiger partial charge in [0.2, 0.25) is 0 Å². The molecule has 7 nitrogen and oxygen atoms in total. The van der Waals surface area contributed by atoms with E-state index in [1.54, 1.807) is 30.6 Å². The zero-order chi connectivity index (χ0) is 24.3. The van der Waals surface area contributed by atoms with Gasteiger partial charge in [-0.1, -0.05) is 11.6 Å². The number of pyridine rings is 2. The van der Waals surface area contributed by atoms with Crippen molar-refractivity contribution in [2.45, 2.75) is 25.0 Å². The summed E-state index contributed by atoms with van der Waals surface area (Å²) in [6, 6.07) is 5.74. The predicted molar refractivity (Wildman–Crippen MR) is 119 cm³/mol. The molecule has 3 aromatic rings. The number of hydrogen-bond acceptors (Lipinski definition) is 6. The number of alkyl halides is 3. The second-order valence-electron chi connectivity index (χ2n) is 7.34. The molecule has 0 bridgehead atoms. The quantitative estimate of drug-likeness (QED) is 0.464. The van der Waals surface area contributed by atoms with Crippen LogP contribution in [-0.2, 0) is 27.0 Å². The van der Waals surface area contributed by atoms with E-state index in [1.165, 1.54) is 20.3 Å². The maximum Gasteiger partial charge on any atom is 0.417 e. The second-order valence-corrected chi connectivity index (χ2v) is 7.73. The first kappa shape index (κ1) is 23.9. The Morgan fingerprint density at radius 3 is 2.41 bits per heavy atom. The molecule has 2 unspecified atom stereocenters. The minimum atomic E-state index is -4.44. The molecule has 0 saturated carbocycles. The van der Waals surface area contributed by atoms with Crippen LogP contribution >= 0.6 is 11.6 Å². The maximum absolute atomic E-state index is 12.7. The highest BCUT2D eigenvalue weighted by atomic mass is 35.5. The summed E-state index contributed by atoms with van der Waals surface area (Å²) in [5.74, 6) is 1.14. The number of aromatic amines is 1. The molecule has 4 rings (SSSR count). The van der Waals surface area contributed by atoms with Gasteiger partial charge < -0.3 is 19.2 Å². The van der Waals surface area contributed by atoms with Crippen molar-refractivity contribution < 1.29 is 27.4 Å². The van der Waals surface area contributed by atoms with Gasteiger partial charge in [-0.15, -0.1) is 0 Å². The standard InChI is InChI=1S/C23H20ClF3N4O3/c1-32-18-8-20(34-12-15-5-4-14(10-28-15)23(25,26)27)19(33-2)7-16(18)17-11-30-22(31-17)13-3-6-21(24)29-9-13/h3-11,19-20H,12H2,1-2H3,(H,30,31). The van der Waals surface area contributed by atoms with Crippen LogP contribution in [0.5, 0.6) is 0 Å². The number of rotatable bonds is 7. The van der Waals surface area contributed by atoms with Crippen molar-refractivity contribution in [1.29, 1.82) is 0 Å². The summed E-state index contributed by atoms with van der Waals surface area (Å²) >= 11 is 5.85. The summed E-state index contributed by atoms with van der Waals surface area (Å²) in [5, 5.41) is 0.385. The molecular formula is C23H20ClF3N4O3. The number of methoxy groups -OCH3 is 2. The lowest BCUT2D eigenvalue weighted by molar-refractivity contribution is -0.137. The lowest BCUT2D eigenvalue weighted by atomic mass is 9.98. The van der Waals surface area contributed by atoms with E-state index < -0.39 is 23.9 Å². The van der Waals surface area contributed by atoms with E-state index >= 15 is 0 Å². The van der Waals surface area contributed by atoms with E-state index in [2.05, 4.69) is 19.9 Å². The summed E-state index contributed by atoms with van der Waals surface area (Å²) in [6.07, 6.45) is 2.19. The van der Waals surface area contributed by atoms with Gasteiger partial charge in [0.25, 0.3) is 0 Å². The molecule has 11 heteroatoms. The first-order valence-electron chi connectivity index (χ1n) is 10.1. The highest BCUT2D eigenvalue weighted by Gasteiger charge is 2.31. The third-order valence-corrected chi connectivity index (χ3v) is 5.39. The molecule has 1 aliphatic rings. The van der Waals surface area contributed by atoms with E-state index in [0.717, 1.165) is 23.4 Å². The predicted octanol–water partition coefficient (Wildman–Crippen LogP) is 5.07. The second kappa shape index (κ2) is 9.96. The van der Waals surface area contributed by atoms with Gasteiger partial charge in [-0.25, -0.2) is 9.97 Å². The average Bonchev–Trinajstić information content (AvgIpc) is 3.32. The fraction of sp³-hybridized carbons (Fsp3) is 0.261. The molecule has 0 fully saturated rings. The van der Waals surface area contributed by atoms with Crippen molar-refractivity contribution in [3.63, 3.8) is 0 Å². The van der Waals surface area contributed by atoms with Crippen molar-refractivity contribution in [2.75, 3.05) is 14.2 Å². The topological polar surface area (TPSA) is 82.2 Å². The Balaban J connectivity index is 1.50. The normalized spacial score (nSPS) is 18.4. The first-order chi connectivity index (χ1) is 16.3. The number of hydrogen-bond donors (Lipinski definition) is 1. The number of nitrogens with one attached hydrogen (secondary N) is 1. The van der Waals surface area contributed by atoms with Crippen LogP contribution in [0.15, 0.2) is 60.8 Å². The fourth-order valence-corrected chi connectivity index (χ4v) is 3.51. The molecule has 0 spiro atoms. The fourth-order valence-electron chi connectivity index (χ4n) is 3.40. The Hall–Kier alpha value is -3.21. The van der Waals surface area contributed by atoms with Crippen LogP contribution in [0.1, 0.15) is 17.0 Å². The molecule has 0 amide bonds. The molecule has 0 aromatic carbocycles. The van der Waals surface area contributed by atoms with E-state index in [9.17, 15) is 13.2 Å². The molecule has 0 saturated heterocycles. The number of allylic oxidation sites excluding steroid dienone is 1. The van der Waals surface area contributed by atoms with Crippen LogP contribution in [0.4, 0.5) is 13.2 Å². The van der Waals surface area contributed by atoms with Crippen LogP contribution in [0, 0.1) is 0 Å². The third-order valence-electron chi connectivity index (χ3n) is 5.17. The molecule has 2 atom stereocenters. The number of aromatic nitrogens is 4. The summed E-state index contributed by atoms with van der Waals surface area (Å²) in [6.45, 7) is -0.00287. The lowest BCUT2D eigenvalue weighted by Gasteiger charge is -2.27. The van der Waals surface area contributed by atoms with Crippen molar-refractivity contribution in [3.8, 4) is 11.4 Å². The van der Waals surface area contributed by atoms with Gasteiger partial charge in [0.05, 0.1) is 36.9 Å². The van der Waals surface area contributed by atoms with E-state index in [0.29, 0.717) is 28.1 Å². The Labute approximate surface area is 198 Å². The largest absolute Gasteiger partial charge is 0.496 e. The van der Waals surface area contributed by atoms with Crippen molar-refractivity contribution in [1.82, 2.24) is 19.9 Å². The van der Waals surface area contributed by atoms with Gasteiger partial charge in [-0.05, 0) is 36.4 Å². The Morgan fingerprint density at radius 2 is 1.79 bits per heavy atom. The zero-order valence-corrected chi connectivity index (χ0v) is 18.9. The molecule has 34 heavy (non-hydrogen) atoms. The molecule has 1 N–H and O–H groups in total. The van der Waals surface area contributed by atoms with E-state index in [4.69, 9.17) is 25.8 Å². The molecule has 1 aliphatic carbocycles. The maximum atomic E-state index is 12.7. The monoisotopic (exact) mass is 492 g/mol. The number of imidazole rings is 1. The van der Waals surface area contributed by atoms with Crippen LogP contribution in [0.3, 0.4) is 0 Å². The summed E-state index contributed by atoms with van der Waals surface area (Å²) in [7, 11) is 3.07. The summed E-state index contributed by atoms with van der Waals surface area (Å²) in [4.78, 5) is 15.5. The van der Waals surface area contributed by atoms with Crippen molar-refractivity contribution in [2.24, 2.45) is 0 Å². The van der Waals surface area contributed by atoms with Crippen molar-refractivity contribution >= 4 is 17.2 Å². The molecule has 3 heterocycles. The third kappa shape index (κ3) is 5.30. The SMILES string of the molecule is COC1=CC(OCc2ccc(C(F)(F)F)cn2)C(OC)C=C1c1cnc(-c2ccc(Cl)nc2)[nH]1. The summed E-state index contributed by atoms with van der Waals surface area (Å²) < 4.78 is 55.2. The van der Waals surface area contributed by atoms with Gasteiger partial charge in [0, 0.05) is 30.6 Å². The van der Waals surface area contributed by atoms with Gasteiger partial charge in [0.1, 0.15) is 28.9 Å². The molecule has 0 radical (unpaired) electrons. The first-order valence-corrected chi connectivity index (χ1v) is 10.5. The van der Waals surface area contributed by atoms with Crippen molar-refractivity contribution in [3.05, 3.63) is 82.9 Å². The van der Waals surface area contributed by atoms with Crippen LogP contribution in [0.2, 0.25) is 5.15 Å². The highest BCUT2D eigenvalue weighted by molar-refractivity contribution is 6.29. The highest BCUT2D eigenvalue weighted by Crippen LogP contribution is 2.32. The lowest BCUT2D eigenvalue weighted by Crippen LogP contribution is -2.31. The minimum absolute atomic E-state index is 0.00287. The van der Waals surface area contributed by atoms with E-state index in [-0.39, 0.29) is 6.61 Å². The molecular weight excluding hydrogens is 473 g/mol. The number of ether oxygens (including phenoxy) is 3. The van der Waals surface area contributed by atoms with Crippen LogP contribution in [0.25, 0.3) is 17.0 Å². The van der Waals surface area contributed by atoms with Crippen LogP contribution in [-0.4, -0.2) is 46.4 Å². The molecule has 0 aliphatic heterocycles. The van der Waals surface area contributed by atoms with Gasteiger partial charge in [-0.3, -0.25) is 4.98 Å². The van der Waals surface area contributed by atoms with Gasteiger partial charge in [0.15, 0.2) is 0 Å². The number of H-pyrrole nitrogens is 1. The average molecular weight is 493 g/mol. The van der Waals surface area contributed by atoms with Gasteiger partial charge >= 0.3 is 6.18 Å². The minimum Gasteiger partial charge on any atom is -0.496 e. The van der Waals surface area contributed by atoms with E-state index in [1.807, 2.05) is 6.08 Å². The Bertz CT molecular complexity index is 1190. The number of halogens is 4. The van der Waals surface area contributed by atoms with Gasteiger partial charge in [-0.2, -0.15) is 13.2 Å². The van der Waals surface area contributed by atoms with Crippen LogP contribution < -0.4 is 0 Å². The summed E-state index contributed by atoms with van der Waals surface area (Å²) in [5.41, 5.74) is 1.74. The Kier molecular flexibility index (Phi) is 7.01. The zero-order valence-electron chi connectivity index (χ0n) is 18.1. The molecule has 3 aromatic heterocycles. The smallest absolute Gasteiger partial charge is 0.417 e. The molecule has 178 valence electrons. The number of nitrogens with zero attached hydrogens (tertiary/aromatic N) is 3.